The molecule has 2 unspecified atom stereocenters. The molecule has 612 valence electrons. The van der Waals surface area contributed by atoms with Crippen molar-refractivity contribution >= 4 is 39.5 Å². The minimum absolute atomic E-state index is 0.109. The average Bonchev–Trinajstić information content (AvgIpc) is 0.909. The zero-order chi connectivity index (χ0) is 75.3. The van der Waals surface area contributed by atoms with Crippen molar-refractivity contribution in [2.75, 3.05) is 39.6 Å². The molecule has 0 spiro atoms. The molecular weight excluding hydrogens is 1340 g/mol. The summed E-state index contributed by atoms with van der Waals surface area (Å²) in [5.74, 6) is -2.11. The van der Waals surface area contributed by atoms with E-state index in [-0.39, 0.29) is 25.7 Å². The van der Waals surface area contributed by atoms with Gasteiger partial charge in [-0.05, 0) is 25.7 Å². The van der Waals surface area contributed by atoms with E-state index in [4.69, 9.17) is 37.0 Å². The number of unbranched alkanes of at least 4 members (excludes halogenated alkanes) is 59. The largest absolute Gasteiger partial charge is 0.472 e. The summed E-state index contributed by atoms with van der Waals surface area (Å²) in [6, 6.07) is 0. The van der Waals surface area contributed by atoms with Crippen LogP contribution >= 0.6 is 15.6 Å². The summed E-state index contributed by atoms with van der Waals surface area (Å²) in [5, 5.41) is 10.6. The second-order valence-electron chi connectivity index (χ2n) is 30.2. The Labute approximate surface area is 632 Å². The molecule has 0 radical (unpaired) electrons. The molecule has 0 aliphatic rings. The summed E-state index contributed by atoms with van der Waals surface area (Å²) in [5.41, 5.74) is 0. The third-order valence-corrected chi connectivity index (χ3v) is 21.8. The van der Waals surface area contributed by atoms with Crippen LogP contribution in [0.3, 0.4) is 0 Å². The van der Waals surface area contributed by atoms with E-state index in [0.29, 0.717) is 25.7 Å². The topological polar surface area (TPSA) is 237 Å². The van der Waals surface area contributed by atoms with Crippen LogP contribution in [0.2, 0.25) is 0 Å². The van der Waals surface area contributed by atoms with Crippen LogP contribution in [0.5, 0.6) is 0 Å². The molecule has 0 aromatic heterocycles. The lowest BCUT2D eigenvalue weighted by Gasteiger charge is -2.21. The highest BCUT2D eigenvalue weighted by atomic mass is 31.2. The Hall–Kier alpha value is -1.94. The van der Waals surface area contributed by atoms with Gasteiger partial charge in [0, 0.05) is 25.7 Å². The number of carbonyl (C=O) groups is 4. The van der Waals surface area contributed by atoms with Gasteiger partial charge < -0.3 is 33.8 Å². The predicted molar refractivity (Wildman–Crippen MR) is 423 cm³/mol. The standard InChI is InChI=1S/C84H164O17P2/c1-5-9-13-17-21-24-27-30-33-36-38-39-40-43-46-49-52-55-59-63-67-71-84(89)101-80(75-95-82(87)69-65-61-57-53-50-47-44-42-37-34-31-28-25-22-18-14-10-6-2)77-99-103(92,93)97-73-78(85)72-96-102(90,91)98-76-79(74-94-81(86)68-64-60-56-20-16-12-8-4)100-83(88)70-66-62-58-54-51-48-45-41-35-32-29-26-23-19-15-11-7-3/h78-80,85H,5-77H2,1-4H3,(H,90,91)(H,92,93)/t78-,79+,80+/m0/s1. The minimum Gasteiger partial charge on any atom is -0.462 e. The van der Waals surface area contributed by atoms with Gasteiger partial charge in [0.2, 0.25) is 0 Å². The Bertz CT molecular complexity index is 1950. The molecule has 0 aliphatic heterocycles. The van der Waals surface area contributed by atoms with Crippen molar-refractivity contribution in [3.8, 4) is 0 Å². The highest BCUT2D eigenvalue weighted by Gasteiger charge is 2.30. The number of aliphatic hydroxyl groups excluding tert-OH is 1. The quantitative estimate of drug-likeness (QED) is 0.0222. The molecule has 0 fully saturated rings. The van der Waals surface area contributed by atoms with E-state index in [0.717, 1.165) is 103 Å². The van der Waals surface area contributed by atoms with Crippen molar-refractivity contribution in [2.45, 2.75) is 476 Å². The van der Waals surface area contributed by atoms with Crippen molar-refractivity contribution in [3.63, 3.8) is 0 Å². The van der Waals surface area contributed by atoms with Gasteiger partial charge in [0.25, 0.3) is 0 Å². The van der Waals surface area contributed by atoms with Gasteiger partial charge in [-0.15, -0.1) is 0 Å². The maximum absolute atomic E-state index is 13.1. The molecule has 0 saturated heterocycles. The molecule has 0 rings (SSSR count). The third kappa shape index (κ3) is 78.0. The van der Waals surface area contributed by atoms with Gasteiger partial charge in [-0.3, -0.25) is 37.3 Å². The van der Waals surface area contributed by atoms with Gasteiger partial charge in [0.15, 0.2) is 12.2 Å². The monoisotopic (exact) mass is 1510 g/mol. The lowest BCUT2D eigenvalue weighted by molar-refractivity contribution is -0.161. The molecular formula is C84H164O17P2. The summed E-state index contributed by atoms with van der Waals surface area (Å²) < 4.78 is 68.7. The van der Waals surface area contributed by atoms with Crippen LogP contribution in [-0.2, 0) is 65.4 Å². The molecule has 0 aliphatic carbocycles. The van der Waals surface area contributed by atoms with Crippen molar-refractivity contribution in [1.82, 2.24) is 0 Å². The number of phosphoric ester groups is 2. The molecule has 0 heterocycles. The SMILES string of the molecule is CCCCCCCCCCCCCCCCCCCCCCCC(=O)O[C@H](COC(=O)CCCCCCCCCCCCCCCCCCCC)COP(=O)(O)OC[C@@H](O)COP(=O)(O)OC[C@@H](COC(=O)CCCCCCCCC)OC(=O)CCCCCCCCCCCCCCCCCCC. The number of phosphoric acid groups is 2. The summed E-state index contributed by atoms with van der Waals surface area (Å²) >= 11 is 0. The fourth-order valence-corrected chi connectivity index (χ4v) is 14.7. The first-order valence-electron chi connectivity index (χ1n) is 43.8. The zero-order valence-corrected chi connectivity index (χ0v) is 69.1. The number of ether oxygens (including phenoxy) is 4. The maximum atomic E-state index is 13.1. The van der Waals surface area contributed by atoms with Gasteiger partial charge in [-0.25, -0.2) is 9.13 Å². The Morgan fingerprint density at radius 2 is 0.388 bits per heavy atom. The van der Waals surface area contributed by atoms with Crippen LogP contribution in [0, 0.1) is 0 Å². The number of hydrogen-bond donors (Lipinski definition) is 3. The van der Waals surface area contributed by atoms with Crippen molar-refractivity contribution in [1.29, 1.82) is 0 Å². The number of rotatable bonds is 85. The fraction of sp³-hybridized carbons (Fsp3) is 0.952. The van der Waals surface area contributed by atoms with Crippen LogP contribution in [-0.4, -0.2) is 96.7 Å². The van der Waals surface area contributed by atoms with E-state index >= 15 is 0 Å². The van der Waals surface area contributed by atoms with Crippen molar-refractivity contribution in [2.24, 2.45) is 0 Å². The summed E-state index contributed by atoms with van der Waals surface area (Å²) in [4.78, 5) is 73.0. The van der Waals surface area contributed by atoms with Crippen LogP contribution in [0.4, 0.5) is 0 Å². The average molecular weight is 1510 g/mol. The highest BCUT2D eigenvalue weighted by Crippen LogP contribution is 2.45. The van der Waals surface area contributed by atoms with E-state index in [1.807, 2.05) is 0 Å². The molecule has 0 amide bonds. The number of aliphatic hydroxyl groups is 1. The van der Waals surface area contributed by atoms with E-state index in [1.165, 1.54) is 276 Å². The molecule has 19 heteroatoms. The molecule has 17 nitrogen and oxygen atoms in total. The van der Waals surface area contributed by atoms with Gasteiger partial charge >= 0.3 is 39.5 Å². The summed E-state index contributed by atoms with van der Waals surface area (Å²) in [6.07, 6.45) is 72.5. The van der Waals surface area contributed by atoms with Crippen LogP contribution < -0.4 is 0 Å². The highest BCUT2D eigenvalue weighted by molar-refractivity contribution is 7.47. The molecule has 0 aromatic carbocycles. The molecule has 0 saturated carbocycles. The molecule has 0 bridgehead atoms. The first kappa shape index (κ1) is 101. The number of esters is 4. The van der Waals surface area contributed by atoms with Crippen molar-refractivity contribution < 1.29 is 80.2 Å². The number of hydrogen-bond acceptors (Lipinski definition) is 15. The molecule has 0 aromatic rings. The zero-order valence-electron chi connectivity index (χ0n) is 67.3. The molecule has 103 heavy (non-hydrogen) atoms. The Balaban J connectivity index is 5.16. The normalized spacial score (nSPS) is 13.7. The maximum Gasteiger partial charge on any atom is 0.472 e. The predicted octanol–water partition coefficient (Wildman–Crippen LogP) is 25.7. The number of carbonyl (C=O) groups excluding carboxylic acids is 4. The summed E-state index contributed by atoms with van der Waals surface area (Å²) in [7, 11) is -9.92. The van der Waals surface area contributed by atoms with Crippen LogP contribution in [0.25, 0.3) is 0 Å². The van der Waals surface area contributed by atoms with Crippen LogP contribution in [0.1, 0.15) is 458 Å². The van der Waals surface area contributed by atoms with Gasteiger partial charge in [0.05, 0.1) is 26.4 Å². The molecule has 5 atom stereocenters. The van der Waals surface area contributed by atoms with E-state index in [1.54, 1.807) is 0 Å². The Morgan fingerprint density at radius 1 is 0.233 bits per heavy atom. The fourth-order valence-electron chi connectivity index (χ4n) is 13.2. The summed E-state index contributed by atoms with van der Waals surface area (Å²) in [6.45, 7) is 5.00. The minimum atomic E-state index is -4.96. The van der Waals surface area contributed by atoms with Gasteiger partial charge in [-0.2, -0.15) is 0 Å². The second-order valence-corrected chi connectivity index (χ2v) is 33.1. The van der Waals surface area contributed by atoms with E-state index in [2.05, 4.69) is 27.7 Å². The first-order chi connectivity index (χ1) is 50.2. The lowest BCUT2D eigenvalue weighted by atomic mass is 10.0. The molecule has 3 N–H and O–H groups in total. The lowest BCUT2D eigenvalue weighted by Crippen LogP contribution is -2.30. The Kier molecular flexibility index (Phi) is 76.7. The van der Waals surface area contributed by atoms with Gasteiger partial charge in [-0.1, -0.05) is 407 Å². The smallest absolute Gasteiger partial charge is 0.462 e. The van der Waals surface area contributed by atoms with Gasteiger partial charge in [0.1, 0.15) is 19.3 Å². The Morgan fingerprint density at radius 3 is 0.573 bits per heavy atom. The second kappa shape index (κ2) is 78.2. The third-order valence-electron chi connectivity index (χ3n) is 19.9. The van der Waals surface area contributed by atoms with E-state index < -0.39 is 97.5 Å². The van der Waals surface area contributed by atoms with E-state index in [9.17, 15) is 43.2 Å². The van der Waals surface area contributed by atoms with Crippen molar-refractivity contribution in [3.05, 3.63) is 0 Å². The first-order valence-corrected chi connectivity index (χ1v) is 46.8. The van der Waals surface area contributed by atoms with Crippen LogP contribution in [0.15, 0.2) is 0 Å².